The number of nitrogens with zero attached hydrogens (tertiary/aromatic N) is 2. The lowest BCUT2D eigenvalue weighted by Crippen LogP contribution is -2.32. The number of amides is 1. The molecule has 2 rings (SSSR count). The van der Waals surface area contributed by atoms with Gasteiger partial charge in [0.15, 0.2) is 0 Å². The van der Waals surface area contributed by atoms with E-state index in [1.54, 1.807) is 12.1 Å². The first-order valence-corrected chi connectivity index (χ1v) is 8.18. The summed E-state index contributed by atoms with van der Waals surface area (Å²) in [6, 6.07) is 3.47. The molecule has 0 aromatic carbocycles. The molecule has 1 aromatic rings. The number of likely N-dealkylation sites (tertiary alicyclic amines) is 1. The van der Waals surface area contributed by atoms with Gasteiger partial charge in [0.1, 0.15) is 11.0 Å². The summed E-state index contributed by atoms with van der Waals surface area (Å²) in [5.74, 6) is 1.44. The van der Waals surface area contributed by atoms with Crippen molar-refractivity contribution in [2.75, 3.05) is 25.0 Å². The summed E-state index contributed by atoms with van der Waals surface area (Å²) >= 11 is 6.05. The fourth-order valence-corrected chi connectivity index (χ4v) is 2.82. The molecule has 1 aliphatic rings. The van der Waals surface area contributed by atoms with E-state index in [0.29, 0.717) is 22.5 Å². The molecular weight excluding hydrogens is 286 g/mol. The van der Waals surface area contributed by atoms with E-state index >= 15 is 0 Å². The second kappa shape index (κ2) is 7.64. The Morgan fingerprint density at radius 3 is 3.00 bits per heavy atom. The van der Waals surface area contributed by atoms with E-state index in [9.17, 15) is 4.79 Å². The van der Waals surface area contributed by atoms with E-state index in [2.05, 4.69) is 24.1 Å². The molecule has 116 valence electrons. The van der Waals surface area contributed by atoms with Crippen molar-refractivity contribution in [3.8, 4) is 0 Å². The van der Waals surface area contributed by atoms with E-state index in [1.807, 2.05) is 4.90 Å². The highest BCUT2D eigenvalue weighted by Gasteiger charge is 2.20. The molecule has 0 aliphatic carbocycles. The number of halogens is 1. The van der Waals surface area contributed by atoms with Crippen LogP contribution in [-0.2, 0) is 0 Å². The molecule has 1 aliphatic heterocycles. The van der Waals surface area contributed by atoms with Gasteiger partial charge in [-0.15, -0.1) is 0 Å². The first-order valence-electron chi connectivity index (χ1n) is 7.81. The third-order valence-corrected chi connectivity index (χ3v) is 4.09. The second-order valence-electron chi connectivity index (χ2n) is 5.82. The van der Waals surface area contributed by atoms with Crippen molar-refractivity contribution in [3.05, 3.63) is 22.8 Å². The molecule has 1 unspecified atom stereocenters. The molecule has 1 atom stereocenters. The minimum Gasteiger partial charge on any atom is -0.370 e. The van der Waals surface area contributed by atoms with Crippen LogP contribution in [0.15, 0.2) is 12.1 Å². The summed E-state index contributed by atoms with van der Waals surface area (Å²) in [5.41, 5.74) is 0.628. The zero-order valence-corrected chi connectivity index (χ0v) is 13.6. The zero-order valence-electron chi connectivity index (χ0n) is 12.9. The number of hydrogen-bond donors (Lipinski definition) is 1. The minimum atomic E-state index is 0.0629. The number of pyridine rings is 1. The van der Waals surface area contributed by atoms with Gasteiger partial charge in [-0.2, -0.15) is 0 Å². The third-order valence-electron chi connectivity index (χ3n) is 3.90. The number of aromatic nitrogens is 1. The van der Waals surface area contributed by atoms with Crippen molar-refractivity contribution in [1.29, 1.82) is 0 Å². The lowest BCUT2D eigenvalue weighted by Gasteiger charge is -2.21. The highest BCUT2D eigenvalue weighted by Crippen LogP contribution is 2.20. The van der Waals surface area contributed by atoms with Gasteiger partial charge in [0, 0.05) is 25.2 Å². The largest absolute Gasteiger partial charge is 0.370 e. The third kappa shape index (κ3) is 4.60. The molecule has 0 saturated carbocycles. The summed E-state index contributed by atoms with van der Waals surface area (Å²) in [5, 5.41) is 3.55. The number of rotatable bonds is 4. The Balaban J connectivity index is 2.12. The lowest BCUT2D eigenvalue weighted by molar-refractivity contribution is 0.0760. The number of carbonyl (C=O) groups is 1. The summed E-state index contributed by atoms with van der Waals surface area (Å²) in [6.07, 6.45) is 4.35. The van der Waals surface area contributed by atoms with Crippen molar-refractivity contribution >= 4 is 23.3 Å². The lowest BCUT2D eigenvalue weighted by atomic mass is 10.0. The average molecular weight is 310 g/mol. The van der Waals surface area contributed by atoms with Gasteiger partial charge in [0.05, 0.1) is 0 Å². The van der Waals surface area contributed by atoms with Gasteiger partial charge in [-0.1, -0.05) is 25.4 Å². The monoisotopic (exact) mass is 309 g/mol. The Morgan fingerprint density at radius 2 is 2.24 bits per heavy atom. The molecule has 1 saturated heterocycles. The van der Waals surface area contributed by atoms with Crippen LogP contribution in [0.5, 0.6) is 0 Å². The maximum absolute atomic E-state index is 12.6. The topological polar surface area (TPSA) is 45.2 Å². The Hall–Kier alpha value is -1.29. The van der Waals surface area contributed by atoms with E-state index < -0.39 is 0 Å². The fourth-order valence-electron chi connectivity index (χ4n) is 2.61. The van der Waals surface area contributed by atoms with Gasteiger partial charge >= 0.3 is 0 Å². The maximum Gasteiger partial charge on any atom is 0.254 e. The van der Waals surface area contributed by atoms with Crippen molar-refractivity contribution < 1.29 is 4.79 Å². The first kappa shape index (κ1) is 16.1. The van der Waals surface area contributed by atoms with Crippen molar-refractivity contribution in [3.63, 3.8) is 0 Å². The van der Waals surface area contributed by atoms with Crippen LogP contribution in [-0.4, -0.2) is 35.4 Å². The molecule has 1 fully saturated rings. The van der Waals surface area contributed by atoms with E-state index in [-0.39, 0.29) is 5.91 Å². The predicted octanol–water partition coefficient (Wildman–Crippen LogP) is 3.82. The highest BCUT2D eigenvalue weighted by atomic mass is 35.5. The van der Waals surface area contributed by atoms with Crippen molar-refractivity contribution in [2.24, 2.45) is 5.92 Å². The first-order chi connectivity index (χ1) is 10.1. The number of nitrogens with one attached hydrogen (secondary N) is 1. The van der Waals surface area contributed by atoms with Gasteiger partial charge in [0.25, 0.3) is 5.91 Å². The Labute approximate surface area is 131 Å². The van der Waals surface area contributed by atoms with Gasteiger partial charge in [0.2, 0.25) is 0 Å². The number of hydrogen-bond acceptors (Lipinski definition) is 3. The van der Waals surface area contributed by atoms with E-state index in [4.69, 9.17) is 11.6 Å². The normalized spacial score (nSPS) is 19.2. The van der Waals surface area contributed by atoms with E-state index in [0.717, 1.165) is 38.9 Å². The van der Waals surface area contributed by atoms with Crippen LogP contribution in [0.4, 0.5) is 5.82 Å². The van der Waals surface area contributed by atoms with Gasteiger partial charge in [-0.05, 0) is 43.7 Å². The van der Waals surface area contributed by atoms with E-state index in [1.165, 1.54) is 6.42 Å². The van der Waals surface area contributed by atoms with Gasteiger partial charge in [-0.3, -0.25) is 4.79 Å². The summed E-state index contributed by atoms with van der Waals surface area (Å²) in [7, 11) is 0. The highest BCUT2D eigenvalue weighted by molar-refractivity contribution is 6.29. The predicted molar refractivity (Wildman–Crippen MR) is 86.9 cm³/mol. The van der Waals surface area contributed by atoms with Crippen LogP contribution in [0.3, 0.4) is 0 Å². The van der Waals surface area contributed by atoms with Crippen LogP contribution >= 0.6 is 11.6 Å². The Morgan fingerprint density at radius 1 is 1.43 bits per heavy atom. The Bertz CT molecular complexity index is 492. The zero-order chi connectivity index (χ0) is 15.2. The summed E-state index contributed by atoms with van der Waals surface area (Å²) in [4.78, 5) is 18.8. The minimum absolute atomic E-state index is 0.0629. The summed E-state index contributed by atoms with van der Waals surface area (Å²) < 4.78 is 0. The van der Waals surface area contributed by atoms with Gasteiger partial charge in [-0.25, -0.2) is 4.98 Å². The van der Waals surface area contributed by atoms with Crippen LogP contribution < -0.4 is 5.32 Å². The smallest absolute Gasteiger partial charge is 0.254 e. The molecule has 0 radical (unpaired) electrons. The molecule has 2 heterocycles. The SMILES string of the molecule is CCCNc1cc(C(=O)N2CCCC(C)CC2)cc(Cl)n1. The number of anilines is 1. The molecule has 1 aromatic heterocycles. The molecule has 21 heavy (non-hydrogen) atoms. The standard InChI is InChI=1S/C16H24ClN3O/c1-3-7-18-15-11-13(10-14(17)19-15)16(21)20-8-4-5-12(2)6-9-20/h10-12H,3-9H2,1-2H3,(H,18,19). The second-order valence-corrected chi connectivity index (χ2v) is 6.21. The van der Waals surface area contributed by atoms with Crippen LogP contribution in [0.1, 0.15) is 49.9 Å². The molecule has 1 N–H and O–H groups in total. The molecule has 5 heteroatoms. The van der Waals surface area contributed by atoms with Crippen LogP contribution in [0, 0.1) is 5.92 Å². The number of carbonyl (C=O) groups excluding carboxylic acids is 1. The quantitative estimate of drug-likeness (QED) is 0.860. The van der Waals surface area contributed by atoms with Crippen LogP contribution in [0.25, 0.3) is 0 Å². The molecule has 1 amide bonds. The molecule has 4 nitrogen and oxygen atoms in total. The summed E-state index contributed by atoms with van der Waals surface area (Å²) in [6.45, 7) is 6.83. The maximum atomic E-state index is 12.6. The van der Waals surface area contributed by atoms with Crippen molar-refractivity contribution in [2.45, 2.75) is 39.5 Å². The molecule has 0 spiro atoms. The molecular formula is C16H24ClN3O. The fraction of sp³-hybridized carbons (Fsp3) is 0.625. The molecule has 0 bridgehead atoms. The Kier molecular flexibility index (Phi) is 5.85. The van der Waals surface area contributed by atoms with Crippen molar-refractivity contribution in [1.82, 2.24) is 9.88 Å². The van der Waals surface area contributed by atoms with Crippen LogP contribution in [0.2, 0.25) is 5.15 Å². The average Bonchev–Trinajstić information content (AvgIpc) is 2.68. The van der Waals surface area contributed by atoms with Gasteiger partial charge < -0.3 is 10.2 Å².